The number of hydrogen-bond acceptors (Lipinski definition) is 6. The quantitative estimate of drug-likeness (QED) is 0.395. The molecule has 6 heteroatoms. The SMILES string of the molecule is CCOC(=O)[C@H](C)Oc1ccc2c(oc(=O)c3cc(OC)ccc32)c1C. The van der Waals surface area contributed by atoms with Crippen molar-refractivity contribution in [3.8, 4) is 11.5 Å². The second-order valence-electron chi connectivity index (χ2n) is 5.88. The zero-order valence-corrected chi connectivity index (χ0v) is 15.1. The van der Waals surface area contributed by atoms with Gasteiger partial charge in [-0.15, -0.1) is 0 Å². The largest absolute Gasteiger partial charge is 0.497 e. The van der Waals surface area contributed by atoms with Crippen molar-refractivity contribution in [1.82, 2.24) is 0 Å². The average molecular weight is 356 g/mol. The van der Waals surface area contributed by atoms with Crippen LogP contribution in [0, 0.1) is 6.92 Å². The molecule has 0 radical (unpaired) electrons. The second kappa shape index (κ2) is 7.07. The molecule has 2 aromatic carbocycles. The molecule has 0 bridgehead atoms. The molecule has 0 saturated carbocycles. The Kier molecular flexibility index (Phi) is 4.84. The van der Waals surface area contributed by atoms with Gasteiger partial charge in [0.1, 0.15) is 17.1 Å². The Balaban J connectivity index is 2.11. The summed E-state index contributed by atoms with van der Waals surface area (Å²) in [5.41, 5.74) is 0.625. The van der Waals surface area contributed by atoms with Crippen LogP contribution in [-0.2, 0) is 9.53 Å². The summed E-state index contributed by atoms with van der Waals surface area (Å²) in [5, 5.41) is 2.01. The maximum Gasteiger partial charge on any atom is 0.347 e. The average Bonchev–Trinajstić information content (AvgIpc) is 2.64. The number of aryl methyl sites for hydroxylation is 1. The number of esters is 1. The molecule has 0 saturated heterocycles. The van der Waals surface area contributed by atoms with Gasteiger partial charge in [-0.2, -0.15) is 0 Å². The molecule has 0 aliphatic carbocycles. The topological polar surface area (TPSA) is 75.0 Å². The fourth-order valence-corrected chi connectivity index (χ4v) is 2.84. The van der Waals surface area contributed by atoms with E-state index in [9.17, 15) is 9.59 Å². The zero-order chi connectivity index (χ0) is 18.8. The van der Waals surface area contributed by atoms with Gasteiger partial charge in [0.25, 0.3) is 0 Å². The summed E-state index contributed by atoms with van der Waals surface area (Å²) in [6.45, 7) is 5.42. The summed E-state index contributed by atoms with van der Waals surface area (Å²) in [5.74, 6) is 0.609. The van der Waals surface area contributed by atoms with Crippen LogP contribution in [0.5, 0.6) is 11.5 Å². The third kappa shape index (κ3) is 3.10. The lowest BCUT2D eigenvalue weighted by Gasteiger charge is -2.16. The fraction of sp³-hybridized carbons (Fsp3) is 0.300. The van der Waals surface area contributed by atoms with Crippen molar-refractivity contribution in [2.24, 2.45) is 0 Å². The Morgan fingerprint density at radius 1 is 1.15 bits per heavy atom. The summed E-state index contributed by atoms with van der Waals surface area (Å²) in [4.78, 5) is 24.2. The number of carbonyl (C=O) groups is 1. The summed E-state index contributed by atoms with van der Waals surface area (Å²) in [6, 6.07) is 8.85. The van der Waals surface area contributed by atoms with Gasteiger partial charge in [0.15, 0.2) is 6.10 Å². The Labute approximate surface area is 150 Å². The molecule has 6 nitrogen and oxygen atoms in total. The van der Waals surface area contributed by atoms with Crippen molar-refractivity contribution in [3.05, 3.63) is 46.3 Å². The van der Waals surface area contributed by atoms with E-state index in [1.165, 1.54) is 0 Å². The summed E-state index contributed by atoms with van der Waals surface area (Å²) >= 11 is 0. The van der Waals surface area contributed by atoms with Gasteiger partial charge in [0, 0.05) is 16.3 Å². The van der Waals surface area contributed by atoms with Crippen LogP contribution >= 0.6 is 0 Å². The maximum atomic E-state index is 12.4. The van der Waals surface area contributed by atoms with Crippen LogP contribution in [0.15, 0.2) is 39.5 Å². The van der Waals surface area contributed by atoms with E-state index >= 15 is 0 Å². The van der Waals surface area contributed by atoms with Gasteiger partial charge in [-0.25, -0.2) is 9.59 Å². The lowest BCUT2D eigenvalue weighted by atomic mass is 10.0. The smallest absolute Gasteiger partial charge is 0.347 e. The van der Waals surface area contributed by atoms with Crippen molar-refractivity contribution in [2.45, 2.75) is 26.9 Å². The van der Waals surface area contributed by atoms with Crippen molar-refractivity contribution >= 4 is 27.7 Å². The highest BCUT2D eigenvalue weighted by atomic mass is 16.6. The minimum Gasteiger partial charge on any atom is -0.497 e. The molecule has 26 heavy (non-hydrogen) atoms. The number of ether oxygens (including phenoxy) is 3. The molecule has 1 aromatic heterocycles. The predicted molar refractivity (Wildman–Crippen MR) is 98.0 cm³/mol. The highest BCUT2D eigenvalue weighted by molar-refractivity contribution is 6.06. The van der Waals surface area contributed by atoms with Crippen LogP contribution in [0.2, 0.25) is 0 Å². The van der Waals surface area contributed by atoms with Gasteiger partial charge < -0.3 is 18.6 Å². The lowest BCUT2D eigenvalue weighted by molar-refractivity contribution is -0.150. The van der Waals surface area contributed by atoms with Gasteiger partial charge in [0.05, 0.1) is 19.1 Å². The molecule has 0 N–H and O–H groups in total. The molecule has 0 aliphatic rings. The molecule has 3 aromatic rings. The van der Waals surface area contributed by atoms with E-state index in [4.69, 9.17) is 18.6 Å². The van der Waals surface area contributed by atoms with Crippen molar-refractivity contribution in [2.75, 3.05) is 13.7 Å². The summed E-state index contributed by atoms with van der Waals surface area (Å²) in [7, 11) is 1.54. The number of methoxy groups -OCH3 is 1. The number of rotatable bonds is 5. The molecular weight excluding hydrogens is 336 g/mol. The Hall–Kier alpha value is -3.02. The zero-order valence-electron chi connectivity index (χ0n) is 15.1. The maximum absolute atomic E-state index is 12.4. The minimum atomic E-state index is -0.762. The molecule has 1 atom stereocenters. The van der Waals surface area contributed by atoms with Crippen molar-refractivity contribution in [3.63, 3.8) is 0 Å². The second-order valence-corrected chi connectivity index (χ2v) is 5.88. The molecule has 0 amide bonds. The number of fused-ring (bicyclic) bond motifs is 3. The highest BCUT2D eigenvalue weighted by Gasteiger charge is 2.19. The summed E-state index contributed by atoms with van der Waals surface area (Å²) in [6.07, 6.45) is -0.762. The first-order chi connectivity index (χ1) is 12.5. The first-order valence-corrected chi connectivity index (χ1v) is 8.33. The Morgan fingerprint density at radius 2 is 1.88 bits per heavy atom. The molecule has 0 unspecified atom stereocenters. The lowest BCUT2D eigenvalue weighted by Crippen LogP contribution is -2.26. The Morgan fingerprint density at radius 3 is 2.58 bits per heavy atom. The van der Waals surface area contributed by atoms with E-state index in [0.717, 1.165) is 10.8 Å². The number of hydrogen-bond donors (Lipinski definition) is 0. The number of carbonyl (C=O) groups excluding carboxylic acids is 1. The molecule has 136 valence electrons. The monoisotopic (exact) mass is 356 g/mol. The molecule has 0 aliphatic heterocycles. The van der Waals surface area contributed by atoms with Crippen LogP contribution in [0.1, 0.15) is 19.4 Å². The third-order valence-electron chi connectivity index (χ3n) is 4.21. The van der Waals surface area contributed by atoms with Crippen LogP contribution < -0.4 is 15.1 Å². The summed E-state index contributed by atoms with van der Waals surface area (Å²) < 4.78 is 21.4. The van der Waals surface area contributed by atoms with Gasteiger partial charge in [0.2, 0.25) is 0 Å². The van der Waals surface area contributed by atoms with E-state index in [-0.39, 0.29) is 6.61 Å². The minimum absolute atomic E-state index is 0.285. The fourth-order valence-electron chi connectivity index (χ4n) is 2.84. The van der Waals surface area contributed by atoms with Crippen LogP contribution in [0.4, 0.5) is 0 Å². The normalized spacial score (nSPS) is 12.2. The first kappa shape index (κ1) is 17.8. The van der Waals surface area contributed by atoms with Crippen LogP contribution in [-0.4, -0.2) is 25.8 Å². The first-order valence-electron chi connectivity index (χ1n) is 8.33. The van der Waals surface area contributed by atoms with E-state index < -0.39 is 17.7 Å². The molecule has 0 fully saturated rings. The van der Waals surface area contributed by atoms with Crippen molar-refractivity contribution < 1.29 is 23.4 Å². The molecule has 1 heterocycles. The van der Waals surface area contributed by atoms with E-state index in [1.54, 1.807) is 46.1 Å². The van der Waals surface area contributed by atoms with E-state index in [0.29, 0.717) is 28.0 Å². The Bertz CT molecular complexity index is 1030. The van der Waals surface area contributed by atoms with Crippen LogP contribution in [0.3, 0.4) is 0 Å². The standard InChI is InChI=1S/C20H20O6/c1-5-24-19(21)12(3)25-17-9-8-15-14-7-6-13(23-4)10-16(14)20(22)26-18(15)11(17)2/h6-10,12H,5H2,1-4H3/t12-/m0/s1. The van der Waals surface area contributed by atoms with Gasteiger partial charge >= 0.3 is 11.6 Å². The van der Waals surface area contributed by atoms with Gasteiger partial charge in [-0.1, -0.05) is 0 Å². The van der Waals surface area contributed by atoms with Crippen molar-refractivity contribution in [1.29, 1.82) is 0 Å². The molecular formula is C20H20O6. The molecule has 0 spiro atoms. The van der Waals surface area contributed by atoms with E-state index in [2.05, 4.69) is 0 Å². The number of benzene rings is 2. The predicted octanol–water partition coefficient (Wildman–Crippen LogP) is 3.59. The van der Waals surface area contributed by atoms with Gasteiger partial charge in [-0.3, -0.25) is 0 Å². The van der Waals surface area contributed by atoms with Crippen LogP contribution in [0.25, 0.3) is 21.7 Å². The van der Waals surface area contributed by atoms with Gasteiger partial charge in [-0.05, 0) is 51.1 Å². The third-order valence-corrected chi connectivity index (χ3v) is 4.21. The van der Waals surface area contributed by atoms with E-state index in [1.807, 2.05) is 12.1 Å². The highest BCUT2D eigenvalue weighted by Crippen LogP contribution is 2.32. The molecule has 3 rings (SSSR count).